The first kappa shape index (κ1) is 19.4. The number of methoxy groups -OCH3 is 1. The van der Waals surface area contributed by atoms with Gasteiger partial charge >= 0.3 is 6.61 Å². The lowest BCUT2D eigenvalue weighted by Crippen LogP contribution is -2.19. The van der Waals surface area contributed by atoms with E-state index in [0.29, 0.717) is 11.1 Å². The SMILES string of the molecule is COC(=NOC(F)F)C(=N)c1ccccc1COc1cc(C)ccc1C. The molecule has 1 N–H and O–H groups in total. The van der Waals surface area contributed by atoms with Crippen molar-refractivity contribution in [3.05, 3.63) is 64.7 Å². The van der Waals surface area contributed by atoms with Gasteiger partial charge in [0.05, 0.1) is 7.11 Å². The predicted molar refractivity (Wildman–Crippen MR) is 95.1 cm³/mol. The molecule has 2 aromatic carbocycles. The van der Waals surface area contributed by atoms with E-state index >= 15 is 0 Å². The van der Waals surface area contributed by atoms with Crippen LogP contribution in [0.4, 0.5) is 8.78 Å². The van der Waals surface area contributed by atoms with E-state index in [2.05, 4.69) is 9.99 Å². The van der Waals surface area contributed by atoms with E-state index in [1.807, 2.05) is 32.0 Å². The molecule has 0 radical (unpaired) electrons. The first-order chi connectivity index (χ1) is 12.4. The number of halogens is 2. The quantitative estimate of drug-likeness (QED) is 0.450. The number of alkyl halides is 2. The third-order valence-corrected chi connectivity index (χ3v) is 3.64. The molecule has 0 bridgehead atoms. The van der Waals surface area contributed by atoms with Crippen LogP contribution in [0.3, 0.4) is 0 Å². The Morgan fingerprint density at radius 3 is 2.58 bits per heavy atom. The third-order valence-electron chi connectivity index (χ3n) is 3.64. The van der Waals surface area contributed by atoms with Crippen molar-refractivity contribution in [2.75, 3.05) is 7.11 Å². The summed E-state index contributed by atoms with van der Waals surface area (Å²) in [4.78, 5) is 3.89. The van der Waals surface area contributed by atoms with Crippen molar-refractivity contribution in [2.24, 2.45) is 5.16 Å². The van der Waals surface area contributed by atoms with Gasteiger partial charge in [-0.15, -0.1) is 0 Å². The van der Waals surface area contributed by atoms with Gasteiger partial charge in [-0.05, 0) is 41.8 Å². The third kappa shape index (κ3) is 5.02. The molecular formula is C19H20F2N2O3. The van der Waals surface area contributed by atoms with Gasteiger partial charge in [0, 0.05) is 5.56 Å². The molecule has 0 atom stereocenters. The summed E-state index contributed by atoms with van der Waals surface area (Å²) in [6.07, 6.45) is 0. The van der Waals surface area contributed by atoms with Gasteiger partial charge in [-0.2, -0.15) is 8.78 Å². The number of hydrogen-bond donors (Lipinski definition) is 1. The number of benzene rings is 2. The number of oxime groups is 1. The van der Waals surface area contributed by atoms with Crippen LogP contribution in [0.2, 0.25) is 0 Å². The van der Waals surface area contributed by atoms with E-state index in [4.69, 9.17) is 14.9 Å². The van der Waals surface area contributed by atoms with Gasteiger partial charge in [0.2, 0.25) is 0 Å². The second-order valence-electron chi connectivity index (χ2n) is 5.56. The molecule has 0 fully saturated rings. The largest absolute Gasteiger partial charge is 0.489 e. The van der Waals surface area contributed by atoms with Crippen LogP contribution in [0.1, 0.15) is 22.3 Å². The van der Waals surface area contributed by atoms with Crippen molar-refractivity contribution in [1.29, 1.82) is 5.41 Å². The first-order valence-electron chi connectivity index (χ1n) is 7.85. The topological polar surface area (TPSA) is 63.9 Å². The minimum atomic E-state index is -3.09. The van der Waals surface area contributed by atoms with E-state index in [1.165, 1.54) is 7.11 Å². The Morgan fingerprint density at radius 1 is 1.15 bits per heavy atom. The second kappa shape index (κ2) is 8.94. The summed E-state index contributed by atoms with van der Waals surface area (Å²) in [6, 6.07) is 12.9. The Bertz CT molecular complexity index is 807. The van der Waals surface area contributed by atoms with Crippen LogP contribution in [0, 0.1) is 19.3 Å². The molecule has 0 heterocycles. The molecular weight excluding hydrogens is 342 g/mol. The molecule has 0 aliphatic heterocycles. The number of nitrogens with one attached hydrogen (secondary N) is 1. The minimum Gasteiger partial charge on any atom is -0.489 e. The summed E-state index contributed by atoms with van der Waals surface area (Å²) in [6.45, 7) is 1.03. The highest BCUT2D eigenvalue weighted by Crippen LogP contribution is 2.21. The van der Waals surface area contributed by atoms with Crippen LogP contribution in [0.15, 0.2) is 47.6 Å². The molecule has 2 rings (SSSR count). The lowest BCUT2D eigenvalue weighted by atomic mass is 10.0. The van der Waals surface area contributed by atoms with Crippen molar-refractivity contribution in [3.63, 3.8) is 0 Å². The molecule has 0 aliphatic rings. The fourth-order valence-corrected chi connectivity index (χ4v) is 2.30. The standard InChI is InChI=1S/C19H20F2N2O3/c1-12-8-9-13(2)16(10-12)25-11-14-6-4-5-7-15(14)17(22)18(24-3)23-26-19(20)21/h4-10,19,22H,11H2,1-3H3. The van der Waals surface area contributed by atoms with Crippen LogP contribution >= 0.6 is 0 Å². The fraction of sp³-hybridized carbons (Fsp3) is 0.263. The monoisotopic (exact) mass is 362 g/mol. The lowest BCUT2D eigenvalue weighted by molar-refractivity contribution is -0.129. The summed E-state index contributed by atoms with van der Waals surface area (Å²) in [5, 5.41) is 11.4. The van der Waals surface area contributed by atoms with Crippen molar-refractivity contribution in [2.45, 2.75) is 27.1 Å². The highest BCUT2D eigenvalue weighted by Gasteiger charge is 2.16. The van der Waals surface area contributed by atoms with Gasteiger partial charge in [-0.1, -0.05) is 36.4 Å². The van der Waals surface area contributed by atoms with Crippen LogP contribution in [-0.2, 0) is 16.2 Å². The molecule has 0 amide bonds. The van der Waals surface area contributed by atoms with Crippen molar-refractivity contribution in [1.82, 2.24) is 0 Å². The molecule has 0 unspecified atom stereocenters. The molecule has 26 heavy (non-hydrogen) atoms. The smallest absolute Gasteiger partial charge is 0.408 e. The van der Waals surface area contributed by atoms with Crippen LogP contribution in [0.25, 0.3) is 0 Å². The van der Waals surface area contributed by atoms with Gasteiger partial charge in [0.25, 0.3) is 5.90 Å². The molecule has 2 aromatic rings. The van der Waals surface area contributed by atoms with Crippen molar-refractivity contribution >= 4 is 11.6 Å². The minimum absolute atomic E-state index is 0.173. The molecule has 0 aromatic heterocycles. The maximum Gasteiger partial charge on any atom is 0.408 e. The van der Waals surface area contributed by atoms with Gasteiger partial charge < -0.3 is 14.3 Å². The number of hydrogen-bond acceptors (Lipinski definition) is 5. The summed E-state index contributed by atoms with van der Waals surface area (Å²) in [5.74, 6) is 0.400. The lowest BCUT2D eigenvalue weighted by Gasteiger charge is -2.14. The van der Waals surface area contributed by atoms with Crippen LogP contribution < -0.4 is 4.74 Å². The molecule has 0 saturated heterocycles. The van der Waals surface area contributed by atoms with E-state index in [0.717, 1.165) is 16.9 Å². The molecule has 0 saturated carbocycles. The Balaban J connectivity index is 2.22. The summed E-state index contributed by atoms with van der Waals surface area (Å²) in [7, 11) is 1.23. The summed E-state index contributed by atoms with van der Waals surface area (Å²) < 4.78 is 35.1. The number of ether oxygens (including phenoxy) is 2. The number of nitrogens with zero attached hydrogens (tertiary/aromatic N) is 1. The maximum absolute atomic E-state index is 12.2. The average molecular weight is 362 g/mol. The predicted octanol–water partition coefficient (Wildman–Crippen LogP) is 4.45. The van der Waals surface area contributed by atoms with Gasteiger partial charge in [0.15, 0.2) is 0 Å². The average Bonchev–Trinajstić information content (AvgIpc) is 2.62. The van der Waals surface area contributed by atoms with E-state index in [9.17, 15) is 8.78 Å². The highest BCUT2D eigenvalue weighted by atomic mass is 19.3. The van der Waals surface area contributed by atoms with Crippen molar-refractivity contribution < 1.29 is 23.1 Å². The van der Waals surface area contributed by atoms with Crippen molar-refractivity contribution in [3.8, 4) is 5.75 Å². The Kier molecular flexibility index (Phi) is 6.66. The second-order valence-corrected chi connectivity index (χ2v) is 5.56. The Hall–Kier alpha value is -2.96. The Labute approximate surface area is 150 Å². The zero-order valence-corrected chi connectivity index (χ0v) is 14.8. The zero-order valence-electron chi connectivity index (χ0n) is 14.8. The molecule has 5 nitrogen and oxygen atoms in total. The zero-order chi connectivity index (χ0) is 19.1. The van der Waals surface area contributed by atoms with E-state index < -0.39 is 6.61 Å². The van der Waals surface area contributed by atoms with E-state index in [1.54, 1.807) is 24.3 Å². The number of rotatable bonds is 7. The maximum atomic E-state index is 12.2. The van der Waals surface area contributed by atoms with Gasteiger partial charge in [-0.25, -0.2) is 0 Å². The number of aryl methyl sites for hydroxylation is 2. The molecule has 0 spiro atoms. The molecule has 7 heteroatoms. The first-order valence-corrected chi connectivity index (χ1v) is 7.85. The van der Waals surface area contributed by atoms with Crippen LogP contribution in [-0.4, -0.2) is 25.3 Å². The summed E-state index contributed by atoms with van der Waals surface area (Å²) in [5.41, 5.74) is 3.04. The Morgan fingerprint density at radius 2 is 1.88 bits per heavy atom. The fourth-order valence-electron chi connectivity index (χ4n) is 2.30. The summed E-state index contributed by atoms with van der Waals surface area (Å²) >= 11 is 0. The van der Waals surface area contributed by atoms with Gasteiger partial charge in [0.1, 0.15) is 18.1 Å². The molecule has 138 valence electrons. The highest BCUT2D eigenvalue weighted by molar-refractivity contribution is 6.44. The van der Waals surface area contributed by atoms with Gasteiger partial charge in [-0.3, -0.25) is 5.41 Å². The normalized spacial score (nSPS) is 11.4. The van der Waals surface area contributed by atoms with E-state index in [-0.39, 0.29) is 18.2 Å². The molecule has 0 aliphatic carbocycles. The van der Waals surface area contributed by atoms with Crippen LogP contribution in [0.5, 0.6) is 5.75 Å².